The van der Waals surface area contributed by atoms with E-state index >= 15 is 8.78 Å². The van der Waals surface area contributed by atoms with Crippen molar-refractivity contribution in [2.45, 2.75) is 109 Å². The molecule has 0 bridgehead atoms. The minimum atomic E-state index is -2.38. The molecule has 5 aliphatic rings. The molecule has 6 rings (SSSR count). The number of rotatable bonds is 10. The van der Waals surface area contributed by atoms with E-state index in [1.165, 1.54) is 44.2 Å². The van der Waals surface area contributed by atoms with E-state index in [-0.39, 0.29) is 49.2 Å². The van der Waals surface area contributed by atoms with Crippen molar-refractivity contribution in [2.24, 2.45) is 22.7 Å². The van der Waals surface area contributed by atoms with Gasteiger partial charge >= 0.3 is 12.1 Å². The third kappa shape index (κ3) is 6.11. The fourth-order valence-electron chi connectivity index (χ4n) is 9.64. The zero-order chi connectivity index (χ0) is 38.9. The summed E-state index contributed by atoms with van der Waals surface area (Å²) in [5, 5.41) is 21.2. The van der Waals surface area contributed by atoms with Crippen molar-refractivity contribution in [2.75, 3.05) is 13.2 Å². The van der Waals surface area contributed by atoms with Gasteiger partial charge in [-0.3, -0.25) is 9.59 Å². The van der Waals surface area contributed by atoms with Gasteiger partial charge in [0.25, 0.3) is 5.09 Å². The molecule has 1 N–H and O–H groups in total. The van der Waals surface area contributed by atoms with Crippen molar-refractivity contribution in [3.8, 4) is 5.75 Å². The van der Waals surface area contributed by atoms with Crippen molar-refractivity contribution in [3.63, 3.8) is 0 Å². The van der Waals surface area contributed by atoms with Gasteiger partial charge in [0.15, 0.2) is 29.4 Å². The molecule has 0 radical (unpaired) electrons. The second-order valence-corrected chi connectivity index (χ2v) is 15.5. The number of benzene rings is 1. The second kappa shape index (κ2) is 13.2. The molecule has 4 fully saturated rings. The molecule has 3 saturated carbocycles. The number of carbonyl (C=O) groups is 4. The van der Waals surface area contributed by atoms with Gasteiger partial charge < -0.3 is 33.6 Å². The summed E-state index contributed by atoms with van der Waals surface area (Å²) in [7, 11) is 0. The first-order valence-corrected chi connectivity index (χ1v) is 17.5. The maximum Gasteiger partial charge on any atom is 0.514 e. The number of hydrogen-bond acceptors (Lipinski definition) is 13. The fraction of sp³-hybridized carbons (Fsp3) is 0.622. The standard InChI is InChI=1S/C37H43F2NO13/c1-19-13-21(31(44)48-12-10-20(2)52-40(46)47)7-8-27(19)50-32(45)49-18-29(43)37-30(51-33(3,4)53-37)16-23-24-15-26(38)25-14-22(41)9-11-34(25,5)36(24,39)28(42)17-35(23,37)6/h7-9,11,13-14,20,23-24,26,28,30,42H,10,12,15-18H2,1-6H3/t20?,23?,24?,26-,28-,30+,34-,35-,36-,37+/m0/s1. The molecular formula is C37H43F2NO13. The Morgan fingerprint density at radius 2 is 1.85 bits per heavy atom. The number of aliphatic hydroxyl groups excluding tert-OH is 1. The Kier molecular flexibility index (Phi) is 9.60. The van der Waals surface area contributed by atoms with Crippen molar-refractivity contribution in [1.29, 1.82) is 0 Å². The molecule has 0 aromatic heterocycles. The van der Waals surface area contributed by atoms with Crippen LogP contribution in [0.3, 0.4) is 0 Å². The largest absolute Gasteiger partial charge is 0.514 e. The summed E-state index contributed by atoms with van der Waals surface area (Å²) in [4.78, 5) is 66.6. The number of halogens is 2. The van der Waals surface area contributed by atoms with E-state index < -0.39 is 99.6 Å². The molecule has 53 heavy (non-hydrogen) atoms. The van der Waals surface area contributed by atoms with Crippen molar-refractivity contribution in [1.82, 2.24) is 0 Å². The fourth-order valence-corrected chi connectivity index (χ4v) is 9.64. The van der Waals surface area contributed by atoms with Crippen LogP contribution in [0.2, 0.25) is 0 Å². The Bertz CT molecular complexity index is 1800. The zero-order valence-corrected chi connectivity index (χ0v) is 30.2. The molecule has 1 aromatic rings. The van der Waals surface area contributed by atoms with Crippen LogP contribution in [0, 0.1) is 39.7 Å². The highest BCUT2D eigenvalue weighted by molar-refractivity contribution is 6.01. The number of Topliss-reactive ketones (excluding diaryl/α,β-unsaturated/α-hetero) is 1. The Balaban J connectivity index is 1.16. The number of alkyl halides is 2. The van der Waals surface area contributed by atoms with Gasteiger partial charge in [-0.2, -0.15) is 0 Å². The van der Waals surface area contributed by atoms with E-state index in [9.17, 15) is 34.4 Å². The Hall–Kier alpha value is -4.28. The average molecular weight is 748 g/mol. The molecule has 3 unspecified atom stereocenters. The number of allylic oxidation sites excluding steroid dienone is 4. The molecule has 1 aromatic carbocycles. The second-order valence-electron chi connectivity index (χ2n) is 15.5. The molecule has 10 atom stereocenters. The lowest BCUT2D eigenvalue weighted by molar-refractivity contribution is -0.767. The van der Waals surface area contributed by atoms with Crippen molar-refractivity contribution < 1.29 is 66.7 Å². The first kappa shape index (κ1) is 38.4. The van der Waals surface area contributed by atoms with E-state index in [0.717, 1.165) is 6.08 Å². The Morgan fingerprint density at radius 1 is 1.13 bits per heavy atom. The van der Waals surface area contributed by atoms with Gasteiger partial charge in [-0.25, -0.2) is 18.4 Å². The number of fused-ring (bicyclic) bond motifs is 7. The van der Waals surface area contributed by atoms with Crippen LogP contribution in [0.5, 0.6) is 5.75 Å². The van der Waals surface area contributed by atoms with Gasteiger partial charge in [0.05, 0.1) is 24.4 Å². The molecule has 4 aliphatic carbocycles. The lowest BCUT2D eigenvalue weighted by atomic mass is 9.44. The highest BCUT2D eigenvalue weighted by atomic mass is 19.1. The van der Waals surface area contributed by atoms with E-state index in [1.54, 1.807) is 27.7 Å². The van der Waals surface area contributed by atoms with Crippen molar-refractivity contribution >= 4 is 23.7 Å². The molecule has 288 valence electrons. The topological polar surface area (TPSA) is 187 Å². The molecule has 14 nitrogen and oxygen atoms in total. The summed E-state index contributed by atoms with van der Waals surface area (Å²) in [6.07, 6.45) is -3.10. The molecule has 0 amide bonds. The molecule has 0 spiro atoms. The number of aliphatic hydroxyl groups is 1. The first-order valence-electron chi connectivity index (χ1n) is 17.5. The summed E-state index contributed by atoms with van der Waals surface area (Å²) in [5.74, 6) is -4.94. The van der Waals surface area contributed by atoms with E-state index in [0.29, 0.717) is 5.56 Å². The minimum Gasteiger partial charge on any atom is -0.462 e. The number of nitrogens with zero attached hydrogens (tertiary/aromatic N) is 1. The maximum atomic E-state index is 17.7. The predicted molar refractivity (Wildman–Crippen MR) is 177 cm³/mol. The molecule has 1 aliphatic heterocycles. The first-order chi connectivity index (χ1) is 24.7. The van der Waals surface area contributed by atoms with Crippen LogP contribution in [0.15, 0.2) is 42.0 Å². The molecule has 1 heterocycles. The maximum absolute atomic E-state index is 17.7. The number of aryl methyl sites for hydroxylation is 1. The quantitative estimate of drug-likeness (QED) is 0.145. The van der Waals surface area contributed by atoms with E-state index in [4.69, 9.17) is 23.7 Å². The monoisotopic (exact) mass is 747 g/mol. The lowest BCUT2D eigenvalue weighted by Gasteiger charge is -2.63. The van der Waals surface area contributed by atoms with Gasteiger partial charge in [0.1, 0.15) is 18.0 Å². The number of carbonyl (C=O) groups excluding carboxylic acids is 4. The third-order valence-corrected chi connectivity index (χ3v) is 12.0. The Morgan fingerprint density at radius 3 is 2.53 bits per heavy atom. The van der Waals surface area contributed by atoms with Crippen LogP contribution < -0.4 is 4.74 Å². The highest BCUT2D eigenvalue weighted by Crippen LogP contribution is 2.72. The summed E-state index contributed by atoms with van der Waals surface area (Å²) < 4.78 is 61.9. The zero-order valence-electron chi connectivity index (χ0n) is 30.2. The normalized spacial score (nSPS) is 36.9. The van der Waals surface area contributed by atoms with Gasteiger partial charge in [-0.05, 0) is 101 Å². The Labute approximate surface area is 303 Å². The predicted octanol–water partition coefficient (Wildman–Crippen LogP) is 5.04. The number of ketones is 2. The van der Waals surface area contributed by atoms with Crippen LogP contribution in [0.4, 0.5) is 13.6 Å². The molecule has 1 saturated heterocycles. The summed E-state index contributed by atoms with van der Waals surface area (Å²) >= 11 is 0. The van der Waals surface area contributed by atoms with Gasteiger partial charge in [0, 0.05) is 23.2 Å². The lowest BCUT2D eigenvalue weighted by Crippen LogP contribution is -2.71. The average Bonchev–Trinajstić information content (AvgIpc) is 3.48. The van der Waals surface area contributed by atoms with Gasteiger partial charge in [0.2, 0.25) is 5.78 Å². The van der Waals surface area contributed by atoms with Crippen LogP contribution in [0.1, 0.15) is 76.2 Å². The smallest absolute Gasteiger partial charge is 0.462 e. The molecular weight excluding hydrogens is 704 g/mol. The SMILES string of the molecule is Cc1cc(C(=O)OCCC(C)O[N+](=O)[O-])ccc1OC(=O)OCC(=O)[C@@]12OC(C)(C)O[C@@H]1CC1C3C[C@H](F)C4=CC(=O)C=C[C@]4(C)[C@@]3(F)[C@@H](O)C[C@@]12C. The molecule has 16 heteroatoms. The van der Waals surface area contributed by atoms with Crippen LogP contribution in [0.25, 0.3) is 0 Å². The number of hydrogen-bond donors (Lipinski definition) is 1. The van der Waals surface area contributed by atoms with Gasteiger partial charge in [-0.15, -0.1) is 10.1 Å². The summed E-state index contributed by atoms with van der Waals surface area (Å²) in [5.41, 5.74) is -6.64. The highest BCUT2D eigenvalue weighted by Gasteiger charge is 2.80. The van der Waals surface area contributed by atoms with Crippen molar-refractivity contribution in [3.05, 3.63) is 63.2 Å². The van der Waals surface area contributed by atoms with Crippen LogP contribution in [-0.2, 0) is 33.4 Å². The number of ether oxygens (including phenoxy) is 5. The van der Waals surface area contributed by atoms with Gasteiger partial charge in [-0.1, -0.05) is 13.0 Å². The minimum absolute atomic E-state index is 0.0191. The summed E-state index contributed by atoms with van der Waals surface area (Å²) in [6.45, 7) is 8.45. The van der Waals surface area contributed by atoms with Crippen LogP contribution in [-0.4, -0.2) is 88.6 Å². The number of esters is 1. The third-order valence-electron chi connectivity index (χ3n) is 12.0. The summed E-state index contributed by atoms with van der Waals surface area (Å²) in [6, 6.07) is 4.06. The van der Waals surface area contributed by atoms with E-state index in [1.807, 2.05) is 0 Å². The van der Waals surface area contributed by atoms with Crippen LogP contribution >= 0.6 is 0 Å². The van der Waals surface area contributed by atoms with E-state index in [2.05, 4.69) is 4.84 Å².